The molecule has 0 unspecified atom stereocenters. The zero-order chi connectivity index (χ0) is 27.0. The molecule has 2 atom stereocenters. The number of aromatic nitrogens is 1. The van der Waals surface area contributed by atoms with E-state index >= 15 is 0 Å². The summed E-state index contributed by atoms with van der Waals surface area (Å²) < 4.78 is 0. The van der Waals surface area contributed by atoms with Crippen molar-refractivity contribution in [3.63, 3.8) is 0 Å². The van der Waals surface area contributed by atoms with Crippen LogP contribution in [0.3, 0.4) is 0 Å². The Morgan fingerprint density at radius 2 is 1.58 bits per heavy atom. The van der Waals surface area contributed by atoms with Gasteiger partial charge in [0.1, 0.15) is 12.6 Å². The van der Waals surface area contributed by atoms with Gasteiger partial charge >= 0.3 is 0 Å². The summed E-state index contributed by atoms with van der Waals surface area (Å²) in [7, 11) is 0. The molecule has 2 N–H and O–H groups in total. The zero-order valence-corrected chi connectivity index (χ0v) is 23.5. The third-order valence-corrected chi connectivity index (χ3v) is 8.82. The number of piperazine rings is 1. The molecular weight excluding hydrogens is 472 g/mol. The van der Waals surface area contributed by atoms with Crippen molar-refractivity contribution in [2.75, 3.05) is 6.54 Å². The fourth-order valence-electron chi connectivity index (χ4n) is 7.49. The zero-order valence-electron chi connectivity index (χ0n) is 23.5. The second-order valence-electron chi connectivity index (χ2n) is 13.2. The first-order valence-corrected chi connectivity index (χ1v) is 14.0. The van der Waals surface area contributed by atoms with E-state index in [1.54, 1.807) is 0 Å². The van der Waals surface area contributed by atoms with Crippen molar-refractivity contribution in [2.24, 2.45) is 0 Å². The van der Waals surface area contributed by atoms with Gasteiger partial charge in [0.05, 0.1) is 6.04 Å². The highest BCUT2D eigenvalue weighted by atomic mass is 16.2. The number of hydrogen-bond donors (Lipinski definition) is 2. The van der Waals surface area contributed by atoms with Gasteiger partial charge in [-0.05, 0) is 69.2 Å². The van der Waals surface area contributed by atoms with E-state index < -0.39 is 6.04 Å². The molecule has 2 saturated heterocycles. The Labute approximate surface area is 225 Å². The fourth-order valence-corrected chi connectivity index (χ4v) is 7.49. The highest BCUT2D eigenvalue weighted by Crippen LogP contribution is 2.44. The Hall–Kier alpha value is -3.12. The highest BCUT2D eigenvalue weighted by Gasteiger charge is 2.51. The number of carbonyl (C=O) groups excluding carboxylic acids is 2. The monoisotopic (exact) mass is 512 g/mol. The molecule has 38 heavy (non-hydrogen) atoms. The van der Waals surface area contributed by atoms with Crippen molar-refractivity contribution in [1.82, 2.24) is 20.1 Å². The molecular formula is C32H40N4O2. The van der Waals surface area contributed by atoms with Crippen LogP contribution < -0.4 is 5.32 Å². The molecule has 0 spiro atoms. The summed E-state index contributed by atoms with van der Waals surface area (Å²) in [6.45, 7) is 13.3. The van der Waals surface area contributed by atoms with Crippen molar-refractivity contribution < 1.29 is 9.59 Å². The van der Waals surface area contributed by atoms with Gasteiger partial charge in [0.15, 0.2) is 0 Å². The van der Waals surface area contributed by atoms with Crippen molar-refractivity contribution in [1.29, 1.82) is 0 Å². The van der Waals surface area contributed by atoms with Crippen LogP contribution in [0.15, 0.2) is 48.5 Å². The number of nitrogens with zero attached hydrogens (tertiary/aromatic N) is 2. The van der Waals surface area contributed by atoms with Gasteiger partial charge in [0, 0.05) is 40.1 Å². The van der Waals surface area contributed by atoms with Crippen molar-refractivity contribution in [2.45, 2.75) is 95.9 Å². The molecule has 2 fully saturated rings. The van der Waals surface area contributed by atoms with E-state index in [0.717, 1.165) is 40.6 Å². The number of benzene rings is 2. The molecule has 4 heterocycles. The molecule has 0 bridgehead atoms. The summed E-state index contributed by atoms with van der Waals surface area (Å²) in [5.74, 6) is 0.547. The van der Waals surface area contributed by atoms with Crippen molar-refractivity contribution in [3.8, 4) is 0 Å². The number of para-hydroxylation sites is 1. The Morgan fingerprint density at radius 1 is 0.921 bits per heavy atom. The van der Waals surface area contributed by atoms with Crippen molar-refractivity contribution in [3.05, 3.63) is 70.9 Å². The quantitative estimate of drug-likeness (QED) is 0.501. The molecule has 0 aliphatic carbocycles. The largest absolute Gasteiger partial charge is 0.356 e. The summed E-state index contributed by atoms with van der Waals surface area (Å²) in [6, 6.07) is 16.1. The minimum atomic E-state index is -0.501. The fraction of sp³-hybridized carbons (Fsp3) is 0.500. The Bertz CT molecular complexity index is 1380. The first kappa shape index (κ1) is 25.2. The maximum absolute atomic E-state index is 14.3. The van der Waals surface area contributed by atoms with Crippen LogP contribution >= 0.6 is 0 Å². The predicted molar refractivity (Wildman–Crippen MR) is 151 cm³/mol. The highest BCUT2D eigenvalue weighted by molar-refractivity contribution is 5.98. The Kier molecular flexibility index (Phi) is 5.76. The molecule has 1 aromatic heterocycles. The van der Waals surface area contributed by atoms with Gasteiger partial charge in [-0.25, -0.2) is 0 Å². The minimum Gasteiger partial charge on any atom is -0.356 e. The summed E-state index contributed by atoms with van der Waals surface area (Å²) in [6.07, 6.45) is 2.21. The molecule has 0 saturated carbocycles. The molecule has 200 valence electrons. The van der Waals surface area contributed by atoms with Crippen LogP contribution in [-0.4, -0.2) is 56.3 Å². The number of piperidine rings is 1. The number of nitrogens with one attached hydrogen (secondary N) is 2. The third-order valence-electron chi connectivity index (χ3n) is 8.82. The molecule has 3 aliphatic rings. The molecule has 6 rings (SSSR count). The molecule has 6 heteroatoms. The second kappa shape index (κ2) is 8.70. The molecule has 0 radical (unpaired) electrons. The number of fused-ring (bicyclic) bond motifs is 4. The van der Waals surface area contributed by atoms with E-state index in [2.05, 4.69) is 94.3 Å². The van der Waals surface area contributed by atoms with Crippen LogP contribution in [0.4, 0.5) is 0 Å². The van der Waals surface area contributed by atoms with Gasteiger partial charge in [0.2, 0.25) is 11.8 Å². The number of hydrogen-bond acceptors (Lipinski definition) is 3. The van der Waals surface area contributed by atoms with E-state index in [1.165, 1.54) is 5.56 Å². The molecule has 2 aromatic carbocycles. The van der Waals surface area contributed by atoms with E-state index in [9.17, 15) is 9.59 Å². The lowest BCUT2D eigenvalue weighted by atomic mass is 9.78. The lowest BCUT2D eigenvalue weighted by Crippen LogP contribution is -2.69. The summed E-state index contributed by atoms with van der Waals surface area (Å²) in [4.78, 5) is 35.8. The van der Waals surface area contributed by atoms with Crippen LogP contribution in [0.25, 0.3) is 10.9 Å². The summed E-state index contributed by atoms with van der Waals surface area (Å²) >= 11 is 0. The van der Waals surface area contributed by atoms with Crippen LogP contribution in [-0.2, 0) is 16.0 Å². The number of rotatable bonds is 3. The number of aromatic amines is 1. The number of H-pyrrole nitrogens is 1. The van der Waals surface area contributed by atoms with E-state index in [-0.39, 0.29) is 41.5 Å². The average molecular weight is 513 g/mol. The summed E-state index contributed by atoms with van der Waals surface area (Å²) in [5.41, 5.74) is 5.35. The van der Waals surface area contributed by atoms with Crippen LogP contribution in [0.1, 0.15) is 88.7 Å². The van der Waals surface area contributed by atoms with E-state index in [0.29, 0.717) is 12.3 Å². The van der Waals surface area contributed by atoms with Gasteiger partial charge in [0.25, 0.3) is 0 Å². The maximum atomic E-state index is 14.3. The topological polar surface area (TPSA) is 68.4 Å². The Morgan fingerprint density at radius 3 is 2.24 bits per heavy atom. The minimum absolute atomic E-state index is 0.0333. The van der Waals surface area contributed by atoms with Gasteiger partial charge < -0.3 is 20.1 Å². The Balaban J connectivity index is 1.44. The van der Waals surface area contributed by atoms with Gasteiger partial charge in [-0.3, -0.25) is 9.59 Å². The average Bonchev–Trinajstić information content (AvgIpc) is 3.21. The van der Waals surface area contributed by atoms with Crippen molar-refractivity contribution >= 4 is 22.7 Å². The summed E-state index contributed by atoms with van der Waals surface area (Å²) in [5, 5.41) is 4.86. The molecule has 6 nitrogen and oxygen atoms in total. The smallest absolute Gasteiger partial charge is 0.246 e. The third kappa shape index (κ3) is 4.14. The number of carbonyl (C=O) groups is 2. The molecule has 2 amide bonds. The normalized spacial score (nSPS) is 25.1. The maximum Gasteiger partial charge on any atom is 0.246 e. The lowest BCUT2D eigenvalue weighted by Gasteiger charge is -2.53. The van der Waals surface area contributed by atoms with E-state index in [4.69, 9.17) is 0 Å². The number of amides is 2. The lowest BCUT2D eigenvalue weighted by molar-refractivity contribution is -0.162. The van der Waals surface area contributed by atoms with E-state index in [1.807, 2.05) is 15.9 Å². The van der Waals surface area contributed by atoms with Crippen LogP contribution in [0, 0.1) is 0 Å². The molecule has 3 aliphatic heterocycles. The first-order chi connectivity index (χ1) is 17.9. The predicted octanol–water partition coefficient (Wildman–Crippen LogP) is 5.29. The van der Waals surface area contributed by atoms with Gasteiger partial charge in [-0.2, -0.15) is 0 Å². The first-order valence-electron chi connectivity index (χ1n) is 14.0. The van der Waals surface area contributed by atoms with Gasteiger partial charge in [-0.15, -0.1) is 0 Å². The second-order valence-corrected chi connectivity index (χ2v) is 13.2. The molecule has 3 aromatic rings. The SMILES string of the molecule is CC(C)c1ccc([C@H]2c3[nH]c4ccccc4c3C[C@H]3C(=O)N(C4CC(C)(C)NC(C)(C)C4)CC(=O)N23)cc1. The standard InChI is InChI=1S/C32H40N4O2/c1-19(2)20-11-13-21(14-12-20)29-28-24(23-9-7-8-10-25(23)33-28)15-26-30(38)35(18-27(37)36(26)29)22-16-31(3,4)34-32(5,6)17-22/h7-14,19,22,26,29,33-34H,15-18H2,1-6H3/t26-,29-/m0/s1. The van der Waals surface area contributed by atoms with Gasteiger partial charge in [-0.1, -0.05) is 56.3 Å². The van der Waals surface area contributed by atoms with Crippen LogP contribution in [0.2, 0.25) is 0 Å². The van der Waals surface area contributed by atoms with Crippen LogP contribution in [0.5, 0.6) is 0 Å².